The third-order valence-corrected chi connectivity index (χ3v) is 4.87. The molecule has 0 bridgehead atoms. The molecule has 30 heavy (non-hydrogen) atoms. The fourth-order valence-corrected chi connectivity index (χ4v) is 3.08. The Balaban J connectivity index is 1.66. The highest BCUT2D eigenvalue weighted by Gasteiger charge is 2.10. The van der Waals surface area contributed by atoms with Crippen LogP contribution in [-0.4, -0.2) is 24.4 Å². The molecule has 0 saturated heterocycles. The van der Waals surface area contributed by atoms with Crippen LogP contribution in [0.25, 0.3) is 0 Å². The quantitative estimate of drug-likeness (QED) is 0.342. The average Bonchev–Trinajstić information content (AvgIpc) is 2.74. The minimum absolute atomic E-state index is 0.205. The topological polar surface area (TPSA) is 80.2 Å². The van der Waals surface area contributed by atoms with Gasteiger partial charge in [-0.2, -0.15) is 5.10 Å². The summed E-state index contributed by atoms with van der Waals surface area (Å²) in [5, 5.41) is 14.1. The molecular formula is C22H18Cl2N2O4. The van der Waals surface area contributed by atoms with Gasteiger partial charge in [-0.1, -0.05) is 29.3 Å². The third kappa shape index (κ3) is 5.43. The first-order valence-electron chi connectivity index (χ1n) is 8.84. The highest BCUT2D eigenvalue weighted by atomic mass is 35.5. The van der Waals surface area contributed by atoms with E-state index in [0.717, 1.165) is 5.56 Å². The molecule has 3 rings (SSSR count). The summed E-state index contributed by atoms with van der Waals surface area (Å²) in [6.45, 7) is 0.205. The van der Waals surface area contributed by atoms with E-state index >= 15 is 0 Å². The molecule has 0 aliphatic carbocycles. The lowest BCUT2D eigenvalue weighted by molar-refractivity contribution is 0.0697. The van der Waals surface area contributed by atoms with Crippen molar-refractivity contribution >= 4 is 41.1 Å². The first kappa shape index (κ1) is 21.5. The number of halogens is 2. The van der Waals surface area contributed by atoms with Crippen LogP contribution >= 0.6 is 23.2 Å². The molecule has 0 aliphatic rings. The molecule has 0 aliphatic heterocycles. The van der Waals surface area contributed by atoms with Gasteiger partial charge in [0.25, 0.3) is 0 Å². The summed E-state index contributed by atoms with van der Waals surface area (Å²) >= 11 is 12.4. The van der Waals surface area contributed by atoms with Crippen molar-refractivity contribution in [2.24, 2.45) is 5.10 Å². The summed E-state index contributed by atoms with van der Waals surface area (Å²) < 4.78 is 11.2. The SMILES string of the molecule is COc1cc(C=NNc2ccc(C(=O)O)cc2)ccc1OCc1c(Cl)cccc1Cl. The van der Waals surface area contributed by atoms with E-state index in [1.807, 2.05) is 6.07 Å². The van der Waals surface area contributed by atoms with Crippen LogP contribution in [-0.2, 0) is 6.61 Å². The van der Waals surface area contributed by atoms with E-state index in [2.05, 4.69) is 10.5 Å². The molecule has 0 atom stereocenters. The summed E-state index contributed by atoms with van der Waals surface area (Å²) in [5.41, 5.74) is 5.21. The van der Waals surface area contributed by atoms with E-state index < -0.39 is 5.97 Å². The minimum Gasteiger partial charge on any atom is -0.493 e. The van der Waals surface area contributed by atoms with Crippen molar-refractivity contribution in [1.29, 1.82) is 0 Å². The lowest BCUT2D eigenvalue weighted by Gasteiger charge is -2.13. The largest absolute Gasteiger partial charge is 0.493 e. The van der Waals surface area contributed by atoms with Crippen molar-refractivity contribution in [2.45, 2.75) is 6.61 Å². The van der Waals surface area contributed by atoms with Crippen LogP contribution in [0.15, 0.2) is 65.8 Å². The van der Waals surface area contributed by atoms with E-state index in [-0.39, 0.29) is 12.2 Å². The predicted molar refractivity (Wildman–Crippen MR) is 118 cm³/mol. The Hall–Kier alpha value is -3.22. The number of aromatic carboxylic acids is 1. The number of hydrogen-bond donors (Lipinski definition) is 2. The van der Waals surface area contributed by atoms with Gasteiger partial charge in [0.1, 0.15) is 6.61 Å². The van der Waals surface area contributed by atoms with Gasteiger partial charge >= 0.3 is 5.97 Å². The van der Waals surface area contributed by atoms with Crippen LogP contribution in [0.4, 0.5) is 5.69 Å². The second-order valence-corrected chi connectivity index (χ2v) is 6.97. The highest BCUT2D eigenvalue weighted by molar-refractivity contribution is 6.35. The van der Waals surface area contributed by atoms with E-state index in [4.69, 9.17) is 37.8 Å². The van der Waals surface area contributed by atoms with Crippen molar-refractivity contribution in [1.82, 2.24) is 0 Å². The fourth-order valence-electron chi connectivity index (χ4n) is 2.57. The van der Waals surface area contributed by atoms with Gasteiger partial charge in [0.15, 0.2) is 11.5 Å². The molecule has 3 aromatic carbocycles. The summed E-state index contributed by atoms with van der Waals surface area (Å²) in [6, 6.07) is 16.9. The number of carboxylic acid groups (broad SMARTS) is 1. The Kier molecular flexibility index (Phi) is 7.17. The smallest absolute Gasteiger partial charge is 0.335 e. The molecule has 0 heterocycles. The van der Waals surface area contributed by atoms with Gasteiger partial charge in [0.2, 0.25) is 0 Å². The number of carboxylic acids is 1. The monoisotopic (exact) mass is 444 g/mol. The number of hydrogen-bond acceptors (Lipinski definition) is 5. The van der Waals surface area contributed by atoms with Crippen LogP contribution in [0, 0.1) is 0 Å². The summed E-state index contributed by atoms with van der Waals surface area (Å²) in [6.07, 6.45) is 1.61. The number of hydrazone groups is 1. The lowest BCUT2D eigenvalue weighted by atomic mass is 10.2. The standard InChI is InChI=1S/C22H18Cl2N2O4/c1-29-21-11-14(12-25-26-16-8-6-15(7-9-16)22(27)28)5-10-20(21)30-13-17-18(23)3-2-4-19(17)24/h2-12,26H,13H2,1H3,(H,27,28). The van der Waals surface area contributed by atoms with Crippen LogP contribution < -0.4 is 14.9 Å². The van der Waals surface area contributed by atoms with Gasteiger partial charge in [0, 0.05) is 15.6 Å². The van der Waals surface area contributed by atoms with E-state index in [1.165, 1.54) is 12.1 Å². The molecule has 6 nitrogen and oxygen atoms in total. The third-order valence-electron chi connectivity index (χ3n) is 4.16. The van der Waals surface area contributed by atoms with Crippen molar-refractivity contribution in [3.8, 4) is 11.5 Å². The summed E-state index contributed by atoms with van der Waals surface area (Å²) in [7, 11) is 1.55. The number of rotatable bonds is 8. The number of nitrogens with zero attached hydrogens (tertiary/aromatic N) is 1. The second kappa shape index (κ2) is 10.0. The maximum atomic E-state index is 10.9. The molecule has 0 spiro atoms. The molecular weight excluding hydrogens is 427 g/mol. The Labute approximate surface area is 183 Å². The second-order valence-electron chi connectivity index (χ2n) is 6.15. The Bertz CT molecular complexity index is 1050. The predicted octanol–water partition coefficient (Wildman–Crippen LogP) is 5.73. The summed E-state index contributed by atoms with van der Waals surface area (Å²) in [5.74, 6) is 0.104. The number of anilines is 1. The van der Waals surface area contributed by atoms with Crippen molar-refractivity contribution in [3.05, 3.63) is 87.4 Å². The lowest BCUT2D eigenvalue weighted by Crippen LogP contribution is -2.00. The number of methoxy groups -OCH3 is 1. The van der Waals surface area contributed by atoms with Crippen LogP contribution in [0.3, 0.4) is 0 Å². The normalized spacial score (nSPS) is 10.8. The van der Waals surface area contributed by atoms with E-state index in [9.17, 15) is 4.79 Å². The van der Waals surface area contributed by atoms with Gasteiger partial charge in [-0.25, -0.2) is 4.79 Å². The molecule has 0 saturated carbocycles. The zero-order valence-corrected chi connectivity index (χ0v) is 17.4. The van der Waals surface area contributed by atoms with Gasteiger partial charge in [0.05, 0.1) is 24.6 Å². The van der Waals surface area contributed by atoms with Crippen LogP contribution in [0.1, 0.15) is 21.5 Å². The Morgan fingerprint density at radius 2 is 1.77 bits per heavy atom. The van der Waals surface area contributed by atoms with Gasteiger partial charge in [-0.3, -0.25) is 5.43 Å². The maximum absolute atomic E-state index is 10.9. The minimum atomic E-state index is -0.976. The molecule has 0 unspecified atom stereocenters. The Morgan fingerprint density at radius 1 is 1.07 bits per heavy atom. The van der Waals surface area contributed by atoms with Crippen molar-refractivity contribution in [2.75, 3.05) is 12.5 Å². The molecule has 0 fully saturated rings. The zero-order chi connectivity index (χ0) is 21.5. The van der Waals surface area contributed by atoms with Crippen LogP contribution in [0.2, 0.25) is 10.0 Å². The van der Waals surface area contributed by atoms with Gasteiger partial charge in [-0.15, -0.1) is 0 Å². The molecule has 8 heteroatoms. The van der Waals surface area contributed by atoms with E-state index in [1.54, 1.807) is 55.8 Å². The molecule has 154 valence electrons. The number of ether oxygens (including phenoxy) is 2. The van der Waals surface area contributed by atoms with Gasteiger partial charge < -0.3 is 14.6 Å². The maximum Gasteiger partial charge on any atom is 0.335 e. The zero-order valence-electron chi connectivity index (χ0n) is 15.9. The summed E-state index contributed by atoms with van der Waals surface area (Å²) in [4.78, 5) is 10.9. The fraction of sp³-hybridized carbons (Fsp3) is 0.0909. The average molecular weight is 445 g/mol. The molecule has 2 N–H and O–H groups in total. The Morgan fingerprint density at radius 3 is 2.40 bits per heavy atom. The van der Waals surface area contributed by atoms with Crippen molar-refractivity contribution < 1.29 is 19.4 Å². The van der Waals surface area contributed by atoms with Crippen LogP contribution in [0.5, 0.6) is 11.5 Å². The van der Waals surface area contributed by atoms with Gasteiger partial charge in [-0.05, 0) is 60.2 Å². The number of nitrogens with one attached hydrogen (secondary N) is 1. The molecule has 0 aromatic heterocycles. The molecule has 0 radical (unpaired) electrons. The first-order valence-corrected chi connectivity index (χ1v) is 9.59. The number of benzene rings is 3. The first-order chi connectivity index (χ1) is 14.5. The number of carbonyl (C=O) groups is 1. The molecule has 3 aromatic rings. The highest BCUT2D eigenvalue weighted by Crippen LogP contribution is 2.31. The van der Waals surface area contributed by atoms with E-state index in [0.29, 0.717) is 32.8 Å². The van der Waals surface area contributed by atoms with Crippen molar-refractivity contribution in [3.63, 3.8) is 0 Å². The molecule has 0 amide bonds.